The Balaban J connectivity index is 0.000000720. The third kappa shape index (κ3) is 1.23. The van der Waals surface area contributed by atoms with Crippen LogP contribution in [0.2, 0.25) is 0 Å². The molecule has 56 valence electrons. The summed E-state index contributed by atoms with van der Waals surface area (Å²) < 4.78 is 1.20. The smallest absolute Gasteiger partial charge is 0 e. The van der Waals surface area contributed by atoms with Crippen molar-refractivity contribution < 1.29 is 0 Å². The van der Waals surface area contributed by atoms with Crippen LogP contribution in [0.3, 0.4) is 0 Å². The molecule has 0 aliphatic carbocycles. The van der Waals surface area contributed by atoms with Crippen molar-refractivity contribution in [1.29, 1.82) is 0 Å². The van der Waals surface area contributed by atoms with Crippen LogP contribution in [-0.2, 0) is 0 Å². The molecule has 2 rings (SSSR count). The monoisotopic (exact) mass is 520 g/mol. The summed E-state index contributed by atoms with van der Waals surface area (Å²) >= 11 is 2.30. The van der Waals surface area contributed by atoms with Crippen molar-refractivity contribution in [2.75, 3.05) is 0 Å². The van der Waals surface area contributed by atoms with E-state index in [2.05, 4.69) is 59.0 Å². The van der Waals surface area contributed by atoms with E-state index in [9.17, 15) is 0 Å². The zero-order chi connectivity index (χ0) is 7.68. The molecule has 0 nitrogen and oxygen atoms in total. The molecule has 0 saturated carbocycles. The van der Waals surface area contributed by atoms with Crippen molar-refractivity contribution in [1.82, 2.24) is 0 Å². The summed E-state index contributed by atoms with van der Waals surface area (Å²) in [6.07, 6.45) is 0. The number of hydrogen-bond donors (Lipinski definition) is 0. The van der Waals surface area contributed by atoms with E-state index in [0.717, 1.165) is 0 Å². The Labute approximate surface area is 79.4 Å². The third-order valence-electron chi connectivity index (χ3n) is 1.67. The van der Waals surface area contributed by atoms with Gasteiger partial charge >= 0.3 is 0 Å². The van der Waals surface area contributed by atoms with Gasteiger partial charge in [-0.2, -0.15) is 18.2 Å². The normalized spacial score (nSPS) is 9.42. The molecule has 0 unspecified atom stereocenters. The average molecular weight is 520 g/mol. The number of fused-ring (bicyclic) bond motifs is 1. The van der Waals surface area contributed by atoms with E-state index in [0.29, 0.717) is 0 Å². The molecule has 2 aromatic carbocycles. The summed E-state index contributed by atoms with van der Waals surface area (Å²) in [7, 11) is 0. The first kappa shape index (κ1) is 8.53. The second-order valence-electron chi connectivity index (χ2n) is 2.38. The van der Waals surface area contributed by atoms with Crippen LogP contribution in [-0.4, -0.2) is 0 Å². The number of benzene rings is 2. The molecule has 0 aromatic heterocycles. The van der Waals surface area contributed by atoms with Crippen molar-refractivity contribution in [2.24, 2.45) is 0 Å². The van der Waals surface area contributed by atoms with Crippen molar-refractivity contribution in [2.45, 2.75) is 0 Å². The molecule has 0 N–H and O–H groups in total. The van der Waals surface area contributed by atoms with Crippen LogP contribution in [0, 0.1) is 9.64 Å². The fourth-order valence-corrected chi connectivity index (χ4v) is 1.80. The zero-order valence-electron chi connectivity index (χ0n) is 6.55. The Hall–Kier alpha value is -1.57. The van der Waals surface area contributed by atoms with Gasteiger partial charge in [0.15, 0.2) is 0 Å². The van der Waals surface area contributed by atoms with E-state index in [-0.39, 0.29) is 0 Å². The summed E-state index contributed by atoms with van der Waals surface area (Å²) in [6.45, 7) is 0. The summed E-state index contributed by atoms with van der Waals surface area (Å²) in [4.78, 5) is 0. The maximum absolute atomic E-state index is 3.16. The molecule has 2 aromatic rings. The van der Waals surface area contributed by atoms with Gasteiger partial charge in [0.2, 0.25) is 0 Å². The fraction of sp³-hybridized carbons (Fsp3) is 0. The molecule has 0 bridgehead atoms. The van der Waals surface area contributed by atoms with Crippen molar-refractivity contribution in [3.8, 4) is 0 Å². The molecule has 0 amide bonds. The molecule has 0 aliphatic rings. The molecule has 2 heteroatoms. The van der Waals surface area contributed by atoms with Gasteiger partial charge in [0, 0.05) is 0 Å². The molecule has 0 saturated heterocycles. The van der Waals surface area contributed by atoms with Crippen LogP contribution < -0.4 is 0 Å². The Kier molecular flexibility index (Phi) is 2.29. The Morgan fingerprint density at radius 1 is 1.08 bits per heavy atom. The van der Waals surface area contributed by atoms with E-state index < -0.39 is 0 Å². The summed E-state index contributed by atoms with van der Waals surface area (Å²) in [5.41, 5.74) is 0. The molecule has 0 spiro atoms. The molecule has 0 aliphatic heterocycles. The van der Waals surface area contributed by atoms with Gasteiger partial charge < -0.3 is 0 Å². The van der Waals surface area contributed by atoms with Gasteiger partial charge in [-0.1, -0.05) is 44.4 Å². The molecule has 0 heterocycles. The predicted molar refractivity (Wildman–Crippen MR) is 55.5 cm³/mol. The maximum Gasteiger partial charge on any atom is 0 e. The Morgan fingerprint density at radius 2 is 1.83 bits per heavy atom. The Morgan fingerprint density at radius 3 is 2.58 bits per heavy atom. The zero-order valence-corrected chi connectivity index (χ0v) is 15.1. The van der Waals surface area contributed by atoms with Crippen LogP contribution in [0.5, 0.6) is 0 Å². The topological polar surface area (TPSA) is 0 Å². The first-order valence-electron chi connectivity index (χ1n) is 3.43. The SMILES string of the molecule is Ic1[c-]ccc2ccccc12.[Rf]. The number of rotatable bonds is 0. The maximum atomic E-state index is 3.16. The number of halogens is 1. The molecule has 0 fully saturated rings. The van der Waals surface area contributed by atoms with Crippen LogP contribution >= 0.6 is 22.6 Å². The van der Waals surface area contributed by atoms with Crippen LogP contribution in [0.1, 0.15) is 0 Å². The van der Waals surface area contributed by atoms with E-state index >= 15 is 0 Å². The van der Waals surface area contributed by atoms with Gasteiger partial charge in [0.05, 0.1) is 0 Å². The van der Waals surface area contributed by atoms with Gasteiger partial charge in [-0.3, -0.25) is 0 Å². The van der Waals surface area contributed by atoms with Crippen molar-refractivity contribution in [3.05, 3.63) is 46.0 Å². The van der Waals surface area contributed by atoms with E-state index in [1.807, 2.05) is 6.07 Å². The quantitative estimate of drug-likeness (QED) is 0.370. The number of hydrogen-bond acceptors (Lipinski definition) is 0. The van der Waals surface area contributed by atoms with Gasteiger partial charge in [-0.15, -0.1) is 16.8 Å². The molecular weight excluding hydrogens is 514 g/mol. The first-order chi connectivity index (χ1) is 5.38. The molecule has 0 radical (unpaired) electrons. The van der Waals surface area contributed by atoms with Gasteiger partial charge in [0.25, 0.3) is 0 Å². The van der Waals surface area contributed by atoms with E-state index in [4.69, 9.17) is 0 Å². The molecule has 12 heavy (non-hydrogen) atoms. The van der Waals surface area contributed by atoms with E-state index in [1.54, 1.807) is 0 Å². The first-order valence-corrected chi connectivity index (χ1v) is 4.51. The van der Waals surface area contributed by atoms with Gasteiger partial charge in [0.1, 0.15) is 0 Å². The summed E-state index contributed by atoms with van der Waals surface area (Å²) in [5.74, 6) is 0. The summed E-state index contributed by atoms with van der Waals surface area (Å²) in [5, 5.41) is 2.58. The molecule has 0 atom stereocenters. The minimum Gasteiger partial charge on any atom is -0.175 e. The Bertz CT molecular complexity index is 379. The van der Waals surface area contributed by atoms with Crippen molar-refractivity contribution in [3.63, 3.8) is 0 Å². The third-order valence-corrected chi connectivity index (χ3v) is 2.56. The standard InChI is InChI=1S/C10H6I.Rf/c11-10-7-3-5-8-4-1-2-6-9(8)10;/h1-6H;/q-1;. The minimum atomic E-state index is 0. The van der Waals surface area contributed by atoms with Crippen molar-refractivity contribution >= 4 is 33.4 Å². The minimum absolute atomic E-state index is 0. The van der Waals surface area contributed by atoms with Gasteiger partial charge in [-0.25, -0.2) is 0 Å². The summed E-state index contributed by atoms with van der Waals surface area (Å²) in [6, 6.07) is 15.5. The fourth-order valence-electron chi connectivity index (χ4n) is 1.12. The largest absolute Gasteiger partial charge is 0.175 e. The van der Waals surface area contributed by atoms with Crippen LogP contribution in [0.25, 0.3) is 10.8 Å². The van der Waals surface area contributed by atoms with Crippen LogP contribution in [0.4, 0.5) is 0 Å². The van der Waals surface area contributed by atoms with Gasteiger partial charge in [-0.05, 0) is 0 Å². The molecular formula is C10H6IRf-. The second-order valence-corrected chi connectivity index (χ2v) is 3.46. The second kappa shape index (κ2) is 3.22. The average Bonchev–Trinajstić information content (AvgIpc) is 2.06. The van der Waals surface area contributed by atoms with Crippen LogP contribution in [0.15, 0.2) is 36.4 Å². The predicted octanol–water partition coefficient (Wildman–Crippen LogP) is 3.24. The van der Waals surface area contributed by atoms with E-state index in [1.165, 1.54) is 14.3 Å².